The first kappa shape index (κ1) is 12.9. The van der Waals surface area contributed by atoms with E-state index in [1.807, 2.05) is 61.5 Å². The summed E-state index contributed by atoms with van der Waals surface area (Å²) in [4.78, 5) is 4.86. The molecule has 0 amide bonds. The summed E-state index contributed by atoms with van der Waals surface area (Å²) in [7, 11) is 1.53. The maximum absolute atomic E-state index is 4.86. The number of oxime groups is 1. The van der Waals surface area contributed by atoms with Gasteiger partial charge < -0.3 is 4.84 Å². The van der Waals surface area contributed by atoms with Crippen molar-refractivity contribution in [2.45, 2.75) is 6.92 Å². The van der Waals surface area contributed by atoms with E-state index in [4.69, 9.17) is 4.84 Å². The van der Waals surface area contributed by atoms with Crippen molar-refractivity contribution in [3.05, 3.63) is 71.3 Å². The Morgan fingerprint density at radius 1 is 1.00 bits per heavy atom. The number of benzene rings is 2. The second kappa shape index (κ2) is 6.42. The summed E-state index contributed by atoms with van der Waals surface area (Å²) in [6, 6.07) is 17.9. The van der Waals surface area contributed by atoms with Crippen LogP contribution in [-0.2, 0) is 4.84 Å². The molecular formula is C17H15NO. The largest absolute Gasteiger partial charge is 0.398 e. The molecule has 94 valence electrons. The highest BCUT2D eigenvalue weighted by Gasteiger charge is 2.00. The van der Waals surface area contributed by atoms with Crippen LogP contribution in [0.15, 0.2) is 59.8 Å². The minimum Gasteiger partial charge on any atom is -0.398 e. The van der Waals surface area contributed by atoms with Gasteiger partial charge in [0.25, 0.3) is 0 Å². The predicted octanol–water partition coefficient (Wildman–Crippen LogP) is 3.40. The van der Waals surface area contributed by atoms with Gasteiger partial charge in [-0.05, 0) is 25.0 Å². The number of aryl methyl sites for hydroxylation is 1. The second-order valence-corrected chi connectivity index (χ2v) is 4.10. The lowest BCUT2D eigenvalue weighted by Gasteiger charge is -1.99. The van der Waals surface area contributed by atoms with Gasteiger partial charge in [0.15, 0.2) is 5.71 Å². The first-order valence-corrected chi connectivity index (χ1v) is 6.05. The van der Waals surface area contributed by atoms with Gasteiger partial charge in [0.1, 0.15) is 7.11 Å². The van der Waals surface area contributed by atoms with Crippen LogP contribution in [0.25, 0.3) is 0 Å². The fourth-order valence-electron chi connectivity index (χ4n) is 1.60. The minimum absolute atomic E-state index is 0.631. The van der Waals surface area contributed by atoms with Crippen LogP contribution in [-0.4, -0.2) is 12.8 Å². The van der Waals surface area contributed by atoms with Crippen LogP contribution in [0.3, 0.4) is 0 Å². The van der Waals surface area contributed by atoms with E-state index in [1.165, 1.54) is 12.7 Å². The van der Waals surface area contributed by atoms with Crippen molar-refractivity contribution in [2.75, 3.05) is 7.11 Å². The molecule has 0 saturated carbocycles. The van der Waals surface area contributed by atoms with Crippen molar-refractivity contribution in [3.8, 4) is 11.8 Å². The van der Waals surface area contributed by atoms with Crippen molar-refractivity contribution in [3.63, 3.8) is 0 Å². The highest BCUT2D eigenvalue weighted by molar-refractivity contribution is 6.13. The average molecular weight is 249 g/mol. The van der Waals surface area contributed by atoms with Crippen molar-refractivity contribution < 1.29 is 4.84 Å². The molecule has 2 nitrogen and oxygen atoms in total. The zero-order chi connectivity index (χ0) is 13.5. The molecule has 0 aromatic heterocycles. The molecule has 2 rings (SSSR count). The lowest BCUT2D eigenvalue weighted by Crippen LogP contribution is -1.98. The van der Waals surface area contributed by atoms with E-state index in [2.05, 4.69) is 17.0 Å². The Bertz CT molecular complexity index is 616. The van der Waals surface area contributed by atoms with E-state index in [0.717, 1.165) is 11.1 Å². The van der Waals surface area contributed by atoms with Crippen LogP contribution >= 0.6 is 0 Å². The molecule has 0 N–H and O–H groups in total. The Hall–Kier alpha value is -2.53. The highest BCUT2D eigenvalue weighted by atomic mass is 16.6. The molecule has 0 saturated heterocycles. The molecule has 0 spiro atoms. The second-order valence-electron chi connectivity index (χ2n) is 4.10. The van der Waals surface area contributed by atoms with Gasteiger partial charge in [-0.1, -0.05) is 59.1 Å². The highest BCUT2D eigenvalue weighted by Crippen LogP contribution is 2.05. The molecule has 0 fully saturated rings. The van der Waals surface area contributed by atoms with Gasteiger partial charge in [-0.2, -0.15) is 0 Å². The number of hydrogen-bond acceptors (Lipinski definition) is 2. The van der Waals surface area contributed by atoms with Gasteiger partial charge in [-0.15, -0.1) is 0 Å². The van der Waals surface area contributed by atoms with E-state index in [1.54, 1.807) is 0 Å². The van der Waals surface area contributed by atoms with E-state index in [0.29, 0.717) is 5.71 Å². The number of nitrogens with zero attached hydrogens (tertiary/aromatic N) is 1. The molecular weight excluding hydrogens is 234 g/mol. The summed E-state index contributed by atoms with van der Waals surface area (Å²) in [5.41, 5.74) is 3.75. The smallest absolute Gasteiger partial charge is 0.160 e. The average Bonchev–Trinajstić information content (AvgIpc) is 2.46. The third-order valence-corrected chi connectivity index (χ3v) is 2.61. The van der Waals surface area contributed by atoms with Gasteiger partial charge in [-0.25, -0.2) is 0 Å². The van der Waals surface area contributed by atoms with Crippen LogP contribution < -0.4 is 0 Å². The summed E-state index contributed by atoms with van der Waals surface area (Å²) >= 11 is 0. The molecule has 0 unspecified atom stereocenters. The van der Waals surface area contributed by atoms with Crippen molar-refractivity contribution in [1.82, 2.24) is 0 Å². The molecule has 0 aliphatic rings. The fraction of sp³-hybridized carbons (Fsp3) is 0.118. The van der Waals surface area contributed by atoms with E-state index in [-0.39, 0.29) is 0 Å². The molecule has 0 atom stereocenters. The van der Waals surface area contributed by atoms with E-state index in [9.17, 15) is 0 Å². The quantitative estimate of drug-likeness (QED) is 0.454. The first-order chi connectivity index (χ1) is 9.29. The molecule has 0 aliphatic carbocycles. The summed E-state index contributed by atoms with van der Waals surface area (Å²) in [5, 5.41) is 3.98. The Morgan fingerprint density at radius 2 is 1.68 bits per heavy atom. The van der Waals surface area contributed by atoms with Gasteiger partial charge in [-0.3, -0.25) is 0 Å². The molecule has 2 aromatic rings. The lowest BCUT2D eigenvalue weighted by molar-refractivity contribution is 0.214. The molecule has 0 radical (unpaired) electrons. The zero-order valence-corrected chi connectivity index (χ0v) is 11.1. The molecule has 2 heteroatoms. The van der Waals surface area contributed by atoms with Crippen LogP contribution in [0.1, 0.15) is 16.7 Å². The third-order valence-electron chi connectivity index (χ3n) is 2.61. The first-order valence-electron chi connectivity index (χ1n) is 6.05. The molecule has 0 bridgehead atoms. The van der Waals surface area contributed by atoms with Crippen LogP contribution in [0.4, 0.5) is 0 Å². The maximum Gasteiger partial charge on any atom is 0.160 e. The Kier molecular flexibility index (Phi) is 4.36. The topological polar surface area (TPSA) is 21.6 Å². The number of hydrogen-bond donors (Lipinski definition) is 0. The normalized spacial score (nSPS) is 10.5. The van der Waals surface area contributed by atoms with Gasteiger partial charge in [0.2, 0.25) is 0 Å². The maximum atomic E-state index is 4.86. The summed E-state index contributed by atoms with van der Waals surface area (Å²) in [5.74, 6) is 6.13. The standard InChI is InChI=1S/C17H15NO/c1-14-8-11-16(12-9-14)17(18-19-2)13-10-15-6-4-3-5-7-15/h3-9,11-12H,1-2H3. The van der Waals surface area contributed by atoms with Crippen molar-refractivity contribution >= 4 is 5.71 Å². The van der Waals surface area contributed by atoms with Gasteiger partial charge in [0, 0.05) is 11.1 Å². The van der Waals surface area contributed by atoms with Crippen molar-refractivity contribution in [1.29, 1.82) is 0 Å². The van der Waals surface area contributed by atoms with Crippen LogP contribution in [0.5, 0.6) is 0 Å². The van der Waals surface area contributed by atoms with E-state index >= 15 is 0 Å². The summed E-state index contributed by atoms with van der Waals surface area (Å²) in [6.45, 7) is 2.05. The zero-order valence-electron chi connectivity index (χ0n) is 11.1. The third kappa shape index (κ3) is 3.72. The molecule has 0 aliphatic heterocycles. The summed E-state index contributed by atoms with van der Waals surface area (Å²) in [6.07, 6.45) is 0. The monoisotopic (exact) mass is 249 g/mol. The summed E-state index contributed by atoms with van der Waals surface area (Å²) < 4.78 is 0. The van der Waals surface area contributed by atoms with Crippen LogP contribution in [0, 0.1) is 18.8 Å². The number of rotatable bonds is 2. The van der Waals surface area contributed by atoms with Gasteiger partial charge in [0.05, 0.1) is 0 Å². The fourth-order valence-corrected chi connectivity index (χ4v) is 1.60. The molecule has 0 heterocycles. The Labute approximate surface area is 113 Å². The Balaban J connectivity index is 2.30. The van der Waals surface area contributed by atoms with Crippen LogP contribution in [0.2, 0.25) is 0 Å². The Morgan fingerprint density at radius 3 is 2.32 bits per heavy atom. The van der Waals surface area contributed by atoms with E-state index < -0.39 is 0 Å². The van der Waals surface area contributed by atoms with Crippen molar-refractivity contribution in [2.24, 2.45) is 5.16 Å². The lowest BCUT2D eigenvalue weighted by atomic mass is 10.1. The SMILES string of the molecule is CON=C(C#Cc1ccccc1)c1ccc(C)cc1. The van der Waals surface area contributed by atoms with Gasteiger partial charge >= 0.3 is 0 Å². The molecule has 2 aromatic carbocycles. The minimum atomic E-state index is 0.631. The molecule has 19 heavy (non-hydrogen) atoms. The predicted molar refractivity (Wildman–Crippen MR) is 78.0 cm³/mol.